The first kappa shape index (κ1) is 10.5. The molecule has 1 rings (SSSR count). The van der Waals surface area contributed by atoms with Crippen molar-refractivity contribution in [2.24, 2.45) is 0 Å². The number of ether oxygens (including phenoxy) is 1. The Balaban J connectivity index is 2.90. The van der Waals surface area contributed by atoms with Crippen LogP contribution in [-0.2, 0) is 0 Å². The minimum Gasteiger partial charge on any atom is -0.388 e. The van der Waals surface area contributed by atoms with Crippen LogP contribution in [0.4, 0.5) is 13.2 Å². The molecule has 1 heterocycles. The van der Waals surface area contributed by atoms with Gasteiger partial charge < -0.3 is 4.74 Å². The van der Waals surface area contributed by atoms with Gasteiger partial charge in [0.05, 0.1) is 0 Å². The molecule has 0 unspecified atom stereocenters. The SMILES string of the molecule is Cc1nc(I)cc(OC(F)(F)F)n1. The number of alkyl halides is 3. The van der Waals surface area contributed by atoms with E-state index in [-0.39, 0.29) is 5.82 Å². The molecule has 0 aromatic carbocycles. The number of rotatable bonds is 1. The molecule has 0 spiro atoms. The average Bonchev–Trinajstić information content (AvgIpc) is 1.78. The minimum atomic E-state index is -4.70. The quantitative estimate of drug-likeness (QED) is 0.590. The Bertz CT molecular complexity index is 295. The molecule has 7 heteroatoms. The van der Waals surface area contributed by atoms with E-state index >= 15 is 0 Å². The third-order valence-corrected chi connectivity index (χ3v) is 1.56. The maximum Gasteiger partial charge on any atom is 0.574 e. The molecule has 0 amide bonds. The molecule has 0 saturated carbocycles. The molecule has 13 heavy (non-hydrogen) atoms. The van der Waals surface area contributed by atoms with Crippen molar-refractivity contribution in [1.29, 1.82) is 0 Å². The molecule has 0 N–H and O–H groups in total. The highest BCUT2D eigenvalue weighted by Crippen LogP contribution is 2.21. The molecule has 0 aliphatic carbocycles. The Labute approximate surface area is 85.5 Å². The topological polar surface area (TPSA) is 35.0 Å². The van der Waals surface area contributed by atoms with Gasteiger partial charge in [-0.15, -0.1) is 13.2 Å². The Morgan fingerprint density at radius 1 is 1.38 bits per heavy atom. The molecule has 0 radical (unpaired) electrons. The molecule has 72 valence electrons. The first-order valence-electron chi connectivity index (χ1n) is 3.14. The van der Waals surface area contributed by atoms with E-state index in [0.29, 0.717) is 3.70 Å². The van der Waals surface area contributed by atoms with Gasteiger partial charge in [0, 0.05) is 6.07 Å². The third-order valence-electron chi connectivity index (χ3n) is 1.00. The summed E-state index contributed by atoms with van der Waals surface area (Å²) in [5.74, 6) is -0.240. The molecular formula is C6H4F3IN2O. The normalized spacial score (nSPS) is 11.5. The van der Waals surface area contributed by atoms with E-state index in [2.05, 4.69) is 14.7 Å². The van der Waals surface area contributed by atoms with E-state index in [4.69, 9.17) is 0 Å². The molecule has 0 atom stereocenters. The number of aryl methyl sites for hydroxylation is 1. The molecule has 3 nitrogen and oxygen atoms in total. The Kier molecular flexibility index (Phi) is 2.94. The van der Waals surface area contributed by atoms with Crippen molar-refractivity contribution in [3.63, 3.8) is 0 Å². The highest BCUT2D eigenvalue weighted by Gasteiger charge is 2.32. The first-order valence-corrected chi connectivity index (χ1v) is 4.21. The minimum absolute atomic E-state index is 0.242. The van der Waals surface area contributed by atoms with Gasteiger partial charge >= 0.3 is 6.36 Å². The monoisotopic (exact) mass is 304 g/mol. The van der Waals surface area contributed by atoms with Crippen molar-refractivity contribution in [2.75, 3.05) is 0 Å². The Morgan fingerprint density at radius 3 is 2.46 bits per heavy atom. The maximum absolute atomic E-state index is 11.7. The second-order valence-corrected chi connectivity index (χ2v) is 3.23. The van der Waals surface area contributed by atoms with Crippen LogP contribution in [0.3, 0.4) is 0 Å². The summed E-state index contributed by atoms with van der Waals surface area (Å²) in [4.78, 5) is 7.25. The molecular weight excluding hydrogens is 300 g/mol. The summed E-state index contributed by atoms with van der Waals surface area (Å²) in [5.41, 5.74) is 0. The van der Waals surface area contributed by atoms with Crippen molar-refractivity contribution in [3.05, 3.63) is 15.6 Å². The zero-order valence-corrected chi connectivity index (χ0v) is 8.55. The second-order valence-electron chi connectivity index (χ2n) is 2.12. The van der Waals surface area contributed by atoms with E-state index < -0.39 is 12.2 Å². The fraction of sp³-hybridized carbons (Fsp3) is 0.333. The van der Waals surface area contributed by atoms with Gasteiger partial charge in [-0.3, -0.25) is 0 Å². The summed E-state index contributed by atoms with van der Waals surface area (Å²) >= 11 is 1.78. The van der Waals surface area contributed by atoms with Gasteiger partial charge in [-0.2, -0.15) is 4.98 Å². The summed E-state index contributed by atoms with van der Waals surface area (Å²) in [6.07, 6.45) is -4.70. The standard InChI is InChI=1S/C6H4F3IN2O/c1-3-11-4(10)2-5(12-3)13-6(7,8)9/h2H,1H3. The lowest BCUT2D eigenvalue weighted by atomic mass is 10.6. The zero-order chi connectivity index (χ0) is 10.1. The number of aromatic nitrogens is 2. The fourth-order valence-electron chi connectivity index (χ4n) is 0.676. The third kappa shape index (κ3) is 3.75. The van der Waals surface area contributed by atoms with Crippen molar-refractivity contribution in [2.45, 2.75) is 13.3 Å². The van der Waals surface area contributed by atoms with Crippen LogP contribution < -0.4 is 4.74 Å². The number of nitrogens with zero attached hydrogens (tertiary/aromatic N) is 2. The fourth-order valence-corrected chi connectivity index (χ4v) is 1.29. The van der Waals surface area contributed by atoms with E-state index in [1.165, 1.54) is 6.92 Å². The molecule has 0 saturated heterocycles. The zero-order valence-electron chi connectivity index (χ0n) is 6.39. The van der Waals surface area contributed by atoms with Crippen LogP contribution in [-0.4, -0.2) is 16.3 Å². The van der Waals surface area contributed by atoms with Gasteiger partial charge in [-0.25, -0.2) is 4.98 Å². The summed E-state index contributed by atoms with van der Waals surface area (Å²) in [6, 6.07) is 1.11. The van der Waals surface area contributed by atoms with Crippen LogP contribution in [0.25, 0.3) is 0 Å². The molecule has 0 aliphatic rings. The van der Waals surface area contributed by atoms with E-state index in [1.807, 2.05) is 0 Å². The lowest BCUT2D eigenvalue weighted by Gasteiger charge is -2.07. The highest BCUT2D eigenvalue weighted by molar-refractivity contribution is 14.1. The lowest BCUT2D eigenvalue weighted by molar-refractivity contribution is -0.276. The lowest BCUT2D eigenvalue weighted by Crippen LogP contribution is -2.18. The Hall–Kier alpha value is -0.600. The van der Waals surface area contributed by atoms with Crippen molar-refractivity contribution < 1.29 is 17.9 Å². The first-order chi connectivity index (χ1) is 5.87. The van der Waals surface area contributed by atoms with Crippen molar-refractivity contribution in [1.82, 2.24) is 9.97 Å². The molecule has 0 fully saturated rings. The van der Waals surface area contributed by atoms with Gasteiger partial charge in [0.15, 0.2) is 0 Å². The summed E-state index contributed by atoms with van der Waals surface area (Å²) in [5, 5.41) is 0. The number of hydrogen-bond acceptors (Lipinski definition) is 3. The second kappa shape index (κ2) is 3.64. The largest absolute Gasteiger partial charge is 0.574 e. The predicted octanol–water partition coefficient (Wildman–Crippen LogP) is 2.29. The van der Waals surface area contributed by atoms with Crippen LogP contribution in [0.5, 0.6) is 5.88 Å². The number of halogens is 4. The average molecular weight is 304 g/mol. The van der Waals surface area contributed by atoms with Gasteiger partial charge in [0.25, 0.3) is 0 Å². The summed E-state index contributed by atoms with van der Waals surface area (Å²) in [7, 11) is 0. The van der Waals surface area contributed by atoms with Crippen LogP contribution in [0.1, 0.15) is 5.82 Å². The van der Waals surface area contributed by atoms with Gasteiger partial charge in [-0.1, -0.05) is 0 Å². The maximum atomic E-state index is 11.7. The van der Waals surface area contributed by atoms with E-state index in [0.717, 1.165) is 6.07 Å². The summed E-state index contributed by atoms with van der Waals surface area (Å²) in [6.45, 7) is 1.49. The van der Waals surface area contributed by atoms with Crippen molar-refractivity contribution in [3.8, 4) is 5.88 Å². The molecule has 1 aromatic heterocycles. The van der Waals surface area contributed by atoms with Gasteiger partial charge in [-0.05, 0) is 29.5 Å². The smallest absolute Gasteiger partial charge is 0.388 e. The summed E-state index contributed by atoms with van der Waals surface area (Å²) < 4.78 is 39.2. The van der Waals surface area contributed by atoms with Crippen molar-refractivity contribution >= 4 is 22.6 Å². The van der Waals surface area contributed by atoms with Gasteiger partial charge in [0.2, 0.25) is 5.88 Å². The number of hydrogen-bond donors (Lipinski definition) is 0. The molecule has 0 aliphatic heterocycles. The van der Waals surface area contributed by atoms with Crippen LogP contribution >= 0.6 is 22.6 Å². The highest BCUT2D eigenvalue weighted by atomic mass is 127. The van der Waals surface area contributed by atoms with Crippen LogP contribution in [0.2, 0.25) is 0 Å². The Morgan fingerprint density at radius 2 is 2.00 bits per heavy atom. The van der Waals surface area contributed by atoms with E-state index in [9.17, 15) is 13.2 Å². The van der Waals surface area contributed by atoms with Crippen LogP contribution in [0, 0.1) is 10.6 Å². The van der Waals surface area contributed by atoms with Gasteiger partial charge in [0.1, 0.15) is 9.53 Å². The molecule has 1 aromatic rings. The molecule has 0 bridgehead atoms. The van der Waals surface area contributed by atoms with E-state index in [1.54, 1.807) is 22.6 Å². The predicted molar refractivity (Wildman–Crippen MR) is 46.2 cm³/mol. The van der Waals surface area contributed by atoms with Crippen LogP contribution in [0.15, 0.2) is 6.07 Å².